The molecule has 2 aromatic heterocycles. The Balaban J connectivity index is 1.35. The molecule has 0 aromatic carbocycles. The highest BCUT2D eigenvalue weighted by Crippen LogP contribution is 2.37. The van der Waals surface area contributed by atoms with E-state index in [0.29, 0.717) is 35.6 Å². The number of nitrogens with one attached hydrogen (secondary N) is 1. The van der Waals surface area contributed by atoms with Crippen LogP contribution in [-0.4, -0.2) is 55.3 Å². The van der Waals surface area contributed by atoms with E-state index in [2.05, 4.69) is 22.3 Å². The topological polar surface area (TPSA) is 100 Å². The minimum Gasteiger partial charge on any atom is -0.478 e. The zero-order valence-corrected chi connectivity index (χ0v) is 21.2. The number of carboxylic acid groups (broad SMARTS) is 1. The molecule has 2 N–H and O–H groups in total. The van der Waals surface area contributed by atoms with E-state index in [4.69, 9.17) is 5.11 Å². The first-order valence-electron chi connectivity index (χ1n) is 13.0. The molecule has 1 aliphatic carbocycles. The number of carbonyl (C=O) groups excluding carboxylic acids is 1. The number of halogens is 1. The molecule has 3 atom stereocenters. The molecule has 1 saturated heterocycles. The Morgan fingerprint density at radius 2 is 2.05 bits per heavy atom. The molecule has 0 saturated carbocycles. The molecule has 1 fully saturated rings. The molecule has 3 aliphatic rings. The number of pyridine rings is 1. The molecule has 194 valence electrons. The van der Waals surface area contributed by atoms with Gasteiger partial charge in [0.05, 0.1) is 11.3 Å². The normalized spacial score (nSPS) is 23.7. The Bertz CT molecular complexity index is 1290. The molecule has 2 aromatic rings. The van der Waals surface area contributed by atoms with Crippen molar-refractivity contribution >= 4 is 29.0 Å². The van der Waals surface area contributed by atoms with Crippen molar-refractivity contribution in [2.24, 2.45) is 0 Å². The zero-order chi connectivity index (χ0) is 26.1. The average Bonchev–Trinajstić information content (AvgIpc) is 3.21. The summed E-state index contributed by atoms with van der Waals surface area (Å²) in [6.45, 7) is 4.91. The van der Waals surface area contributed by atoms with Gasteiger partial charge in [-0.15, -0.1) is 0 Å². The van der Waals surface area contributed by atoms with Crippen LogP contribution in [0.2, 0.25) is 0 Å². The van der Waals surface area contributed by atoms with Gasteiger partial charge in [-0.1, -0.05) is 25.8 Å². The van der Waals surface area contributed by atoms with Gasteiger partial charge in [-0.05, 0) is 56.9 Å². The van der Waals surface area contributed by atoms with Crippen LogP contribution in [0.1, 0.15) is 80.0 Å². The van der Waals surface area contributed by atoms with Crippen LogP contribution < -0.4 is 5.32 Å². The number of hydrogen-bond donors (Lipinski definition) is 2. The van der Waals surface area contributed by atoms with Gasteiger partial charge >= 0.3 is 5.97 Å². The van der Waals surface area contributed by atoms with Crippen LogP contribution in [0.3, 0.4) is 0 Å². The summed E-state index contributed by atoms with van der Waals surface area (Å²) in [6, 6.07) is 4.64. The lowest BCUT2D eigenvalue weighted by atomic mass is 9.91. The van der Waals surface area contributed by atoms with E-state index in [-0.39, 0.29) is 23.4 Å². The second-order valence-electron chi connectivity index (χ2n) is 9.94. The van der Waals surface area contributed by atoms with Crippen molar-refractivity contribution in [2.75, 3.05) is 11.9 Å². The number of rotatable bonds is 5. The molecule has 37 heavy (non-hydrogen) atoms. The van der Waals surface area contributed by atoms with Crippen LogP contribution in [0.25, 0.3) is 11.3 Å². The fourth-order valence-electron chi connectivity index (χ4n) is 5.34. The molecule has 2 unspecified atom stereocenters. The van der Waals surface area contributed by atoms with Crippen LogP contribution in [0, 0.1) is 0 Å². The third-order valence-corrected chi connectivity index (χ3v) is 7.48. The van der Waals surface area contributed by atoms with Gasteiger partial charge in [-0.3, -0.25) is 9.78 Å². The third-order valence-electron chi connectivity index (χ3n) is 7.48. The number of anilines is 1. The fraction of sp³-hybridized carbons (Fsp3) is 0.429. The minimum atomic E-state index is -1.05. The number of carboxylic acids is 1. The molecule has 5 rings (SSSR count). The maximum atomic E-state index is 15.3. The van der Waals surface area contributed by atoms with Gasteiger partial charge in [0.2, 0.25) is 5.91 Å². The highest BCUT2D eigenvalue weighted by molar-refractivity contribution is 5.90. The number of likely N-dealkylation sites (tertiary alicyclic amines) is 1. The highest BCUT2D eigenvalue weighted by Gasteiger charge is 2.32. The van der Waals surface area contributed by atoms with Crippen LogP contribution >= 0.6 is 0 Å². The smallest absolute Gasteiger partial charge is 0.337 e. The summed E-state index contributed by atoms with van der Waals surface area (Å²) in [4.78, 5) is 30.7. The Morgan fingerprint density at radius 3 is 2.76 bits per heavy atom. The second-order valence-corrected chi connectivity index (χ2v) is 9.94. The van der Waals surface area contributed by atoms with E-state index in [9.17, 15) is 9.59 Å². The molecule has 1 amide bonds. The first-order chi connectivity index (χ1) is 17.9. The van der Waals surface area contributed by atoms with E-state index >= 15 is 4.39 Å². The quantitative estimate of drug-likeness (QED) is 0.577. The summed E-state index contributed by atoms with van der Waals surface area (Å²) in [5.74, 6) is -0.984. The lowest BCUT2D eigenvalue weighted by Gasteiger charge is -2.32. The van der Waals surface area contributed by atoms with E-state index in [0.717, 1.165) is 37.9 Å². The Kier molecular flexibility index (Phi) is 6.95. The molecular formula is C28H32FN5O3. The number of hydrogen-bond acceptors (Lipinski definition) is 5. The predicted molar refractivity (Wildman–Crippen MR) is 140 cm³/mol. The molecule has 4 heterocycles. The van der Waals surface area contributed by atoms with E-state index in [1.54, 1.807) is 22.9 Å². The van der Waals surface area contributed by atoms with Crippen LogP contribution in [-0.2, 0) is 4.79 Å². The highest BCUT2D eigenvalue weighted by atomic mass is 19.1. The van der Waals surface area contributed by atoms with Gasteiger partial charge in [0.15, 0.2) is 0 Å². The van der Waals surface area contributed by atoms with Crippen LogP contribution in [0.5, 0.6) is 0 Å². The summed E-state index contributed by atoms with van der Waals surface area (Å²) in [5.41, 5.74) is 2.52. The van der Waals surface area contributed by atoms with E-state index in [1.807, 2.05) is 17.9 Å². The van der Waals surface area contributed by atoms with E-state index in [1.165, 1.54) is 18.3 Å². The Labute approximate surface area is 215 Å². The van der Waals surface area contributed by atoms with Gasteiger partial charge in [-0.2, -0.15) is 5.10 Å². The van der Waals surface area contributed by atoms with Crippen LogP contribution in [0.15, 0.2) is 48.5 Å². The number of nitrogens with zero attached hydrogens (tertiary/aromatic N) is 4. The number of carbonyl (C=O) groups is 2. The number of amides is 1. The van der Waals surface area contributed by atoms with Gasteiger partial charge in [0, 0.05) is 47.7 Å². The predicted octanol–water partition coefficient (Wildman–Crippen LogP) is 5.24. The van der Waals surface area contributed by atoms with Gasteiger partial charge in [-0.25, -0.2) is 13.9 Å². The lowest BCUT2D eigenvalue weighted by Crippen LogP contribution is -2.47. The largest absolute Gasteiger partial charge is 0.478 e. The number of fused-ring (bicyclic) bond motifs is 1. The summed E-state index contributed by atoms with van der Waals surface area (Å²) in [5, 5.41) is 17.1. The van der Waals surface area contributed by atoms with Crippen molar-refractivity contribution in [3.8, 4) is 0 Å². The molecule has 0 radical (unpaired) electrons. The summed E-state index contributed by atoms with van der Waals surface area (Å²) in [6.07, 6.45) is 12.1. The SMILES string of the molecule is CCC1=CC(C(=O)N2CCCCC[C@H]2C)Nc2cc(C3=CCC(c4ccc(C(=O)O)cn4)C=C3F)nn21. The van der Waals surface area contributed by atoms with Crippen molar-refractivity contribution in [1.82, 2.24) is 19.7 Å². The summed E-state index contributed by atoms with van der Waals surface area (Å²) < 4.78 is 17.0. The van der Waals surface area contributed by atoms with Crippen molar-refractivity contribution in [1.29, 1.82) is 0 Å². The van der Waals surface area contributed by atoms with Crippen molar-refractivity contribution in [3.05, 3.63) is 65.4 Å². The summed E-state index contributed by atoms with van der Waals surface area (Å²) >= 11 is 0. The first kappa shape index (κ1) is 24.9. The van der Waals surface area contributed by atoms with Crippen LogP contribution in [0.4, 0.5) is 10.2 Å². The number of allylic oxidation sites excluding steroid dienone is 5. The molecule has 0 bridgehead atoms. The molecule has 0 spiro atoms. The Morgan fingerprint density at radius 1 is 1.22 bits per heavy atom. The average molecular weight is 506 g/mol. The fourth-order valence-corrected chi connectivity index (χ4v) is 5.34. The maximum Gasteiger partial charge on any atom is 0.337 e. The van der Waals surface area contributed by atoms with Crippen molar-refractivity contribution in [2.45, 2.75) is 70.4 Å². The molecule has 9 heteroatoms. The Hall–Kier alpha value is -3.75. The standard InChI is InChI=1S/C28H32FN5O3/c1-3-20-14-25(27(35)33-12-6-4-5-7-17(33)2)31-26-15-24(32-34(20)26)21-10-8-18(13-22(21)29)23-11-9-19(16-30-23)28(36)37/h9-11,13-18,25,31H,3-8,12H2,1-2H3,(H,36,37)/t17-,18?,25?/m1/s1. The maximum absolute atomic E-state index is 15.3. The third kappa shape index (κ3) is 4.95. The van der Waals surface area contributed by atoms with Gasteiger partial charge < -0.3 is 15.3 Å². The zero-order valence-electron chi connectivity index (χ0n) is 21.2. The van der Waals surface area contributed by atoms with Crippen molar-refractivity contribution < 1.29 is 19.1 Å². The first-order valence-corrected chi connectivity index (χ1v) is 13.0. The van der Waals surface area contributed by atoms with Crippen molar-refractivity contribution in [3.63, 3.8) is 0 Å². The second kappa shape index (κ2) is 10.3. The van der Waals surface area contributed by atoms with E-state index < -0.39 is 17.8 Å². The monoisotopic (exact) mass is 505 g/mol. The number of aromatic carboxylic acids is 1. The summed E-state index contributed by atoms with van der Waals surface area (Å²) in [7, 11) is 0. The van der Waals surface area contributed by atoms with Gasteiger partial charge in [0.1, 0.15) is 17.7 Å². The molecular weight excluding hydrogens is 473 g/mol. The minimum absolute atomic E-state index is 0.0709. The molecule has 8 nitrogen and oxygen atoms in total. The number of aromatic nitrogens is 3. The lowest BCUT2D eigenvalue weighted by molar-refractivity contribution is -0.133. The van der Waals surface area contributed by atoms with Gasteiger partial charge in [0.25, 0.3) is 0 Å². The molecule has 2 aliphatic heterocycles.